The highest BCUT2D eigenvalue weighted by Crippen LogP contribution is 2.13. The summed E-state index contributed by atoms with van der Waals surface area (Å²) >= 11 is 0. The van der Waals surface area contributed by atoms with Crippen LogP contribution in [0.25, 0.3) is 0 Å². The predicted octanol–water partition coefficient (Wildman–Crippen LogP) is 1.16. The Balaban J connectivity index is 1.80. The van der Waals surface area contributed by atoms with Gasteiger partial charge in [0.2, 0.25) is 5.91 Å². The van der Waals surface area contributed by atoms with E-state index in [1.165, 1.54) is 0 Å². The molecule has 0 aromatic carbocycles. The van der Waals surface area contributed by atoms with Crippen LogP contribution in [0.4, 0.5) is 5.69 Å². The maximum absolute atomic E-state index is 12.1. The number of hydrogen-bond donors (Lipinski definition) is 2. The van der Waals surface area contributed by atoms with Crippen molar-refractivity contribution < 1.29 is 4.79 Å². The molecule has 118 valence electrons. The molecule has 1 aliphatic rings. The lowest BCUT2D eigenvalue weighted by Gasteiger charge is -2.21. The number of amides is 1. The van der Waals surface area contributed by atoms with Crippen molar-refractivity contribution in [3.05, 3.63) is 12.4 Å². The molecule has 1 aromatic heterocycles. The van der Waals surface area contributed by atoms with E-state index in [4.69, 9.17) is 0 Å². The van der Waals surface area contributed by atoms with Crippen LogP contribution in [0.2, 0.25) is 0 Å². The van der Waals surface area contributed by atoms with Crippen molar-refractivity contribution in [2.45, 2.75) is 33.2 Å². The summed E-state index contributed by atoms with van der Waals surface area (Å²) in [6.45, 7) is 10.1. The minimum atomic E-state index is 0.0813. The second-order valence-corrected chi connectivity index (χ2v) is 5.55. The van der Waals surface area contributed by atoms with E-state index in [-0.39, 0.29) is 11.8 Å². The van der Waals surface area contributed by atoms with E-state index in [9.17, 15) is 4.79 Å². The average molecular weight is 293 g/mol. The minimum Gasteiger partial charge on any atom is -0.323 e. The van der Waals surface area contributed by atoms with Gasteiger partial charge in [-0.1, -0.05) is 13.8 Å². The molecule has 0 spiro atoms. The average Bonchev–Trinajstić information content (AvgIpc) is 2.96. The molecule has 21 heavy (non-hydrogen) atoms. The highest BCUT2D eigenvalue weighted by atomic mass is 16.1. The van der Waals surface area contributed by atoms with E-state index in [1.54, 1.807) is 6.20 Å². The molecule has 2 N–H and O–H groups in total. The lowest BCUT2D eigenvalue weighted by Crippen LogP contribution is -2.37. The number of aromatic nitrogens is 2. The third kappa shape index (κ3) is 4.82. The molecule has 1 amide bonds. The van der Waals surface area contributed by atoms with Crippen LogP contribution < -0.4 is 10.6 Å². The molecule has 1 unspecified atom stereocenters. The lowest BCUT2D eigenvalue weighted by molar-refractivity contribution is -0.120. The maximum atomic E-state index is 12.1. The number of nitrogens with one attached hydrogen (secondary N) is 2. The molecule has 1 saturated heterocycles. The molecule has 6 nitrogen and oxygen atoms in total. The van der Waals surface area contributed by atoms with Crippen LogP contribution >= 0.6 is 0 Å². The summed E-state index contributed by atoms with van der Waals surface area (Å²) < 4.78 is 1.90. The Labute approximate surface area is 126 Å². The highest BCUT2D eigenvalue weighted by Gasteiger charge is 2.21. The maximum Gasteiger partial charge on any atom is 0.228 e. The molecule has 0 aliphatic carbocycles. The number of piperidine rings is 1. The van der Waals surface area contributed by atoms with Gasteiger partial charge in [-0.25, -0.2) is 0 Å². The Bertz CT molecular complexity index is 435. The van der Waals surface area contributed by atoms with Gasteiger partial charge in [0.05, 0.1) is 24.3 Å². The van der Waals surface area contributed by atoms with Crippen molar-refractivity contribution in [2.75, 3.05) is 38.0 Å². The number of carbonyl (C=O) groups excluding carboxylic acids is 1. The highest BCUT2D eigenvalue weighted by molar-refractivity contribution is 5.92. The van der Waals surface area contributed by atoms with Crippen LogP contribution in [-0.2, 0) is 11.3 Å². The first-order chi connectivity index (χ1) is 10.2. The Morgan fingerprint density at radius 2 is 2.33 bits per heavy atom. The van der Waals surface area contributed by atoms with Crippen LogP contribution in [0.1, 0.15) is 26.7 Å². The van der Waals surface area contributed by atoms with Crippen LogP contribution in [-0.4, -0.2) is 53.3 Å². The Morgan fingerprint density at radius 3 is 3.00 bits per heavy atom. The second-order valence-electron chi connectivity index (χ2n) is 5.55. The van der Waals surface area contributed by atoms with Gasteiger partial charge in [0.15, 0.2) is 0 Å². The summed E-state index contributed by atoms with van der Waals surface area (Å²) in [6, 6.07) is 0. The Morgan fingerprint density at radius 1 is 1.52 bits per heavy atom. The quantitative estimate of drug-likeness (QED) is 0.792. The SMILES string of the molecule is CCN(CC)CCn1cc(NC(=O)C2CCCNC2)cn1. The van der Waals surface area contributed by atoms with Crippen LogP contribution in [0.5, 0.6) is 0 Å². The largest absolute Gasteiger partial charge is 0.323 e. The number of nitrogens with zero attached hydrogens (tertiary/aromatic N) is 3. The van der Waals surface area contributed by atoms with Crippen molar-refractivity contribution in [3.63, 3.8) is 0 Å². The van der Waals surface area contributed by atoms with Crippen molar-refractivity contribution >= 4 is 11.6 Å². The summed E-state index contributed by atoms with van der Waals surface area (Å²) in [5.74, 6) is 0.184. The van der Waals surface area contributed by atoms with Crippen molar-refractivity contribution in [2.24, 2.45) is 5.92 Å². The first kappa shape index (κ1) is 16.0. The molecule has 6 heteroatoms. The molecule has 1 aromatic rings. The third-order valence-electron chi connectivity index (χ3n) is 4.11. The zero-order chi connectivity index (χ0) is 15.1. The zero-order valence-corrected chi connectivity index (χ0v) is 13.1. The van der Waals surface area contributed by atoms with Gasteiger partial charge in [0.1, 0.15) is 0 Å². The smallest absolute Gasteiger partial charge is 0.228 e. The first-order valence-corrected chi connectivity index (χ1v) is 7.99. The fraction of sp³-hybridized carbons (Fsp3) is 0.733. The summed E-state index contributed by atoms with van der Waals surface area (Å²) in [5.41, 5.74) is 0.796. The summed E-state index contributed by atoms with van der Waals surface area (Å²) in [5, 5.41) is 10.6. The molecule has 2 rings (SSSR count). The van der Waals surface area contributed by atoms with Gasteiger partial charge in [-0.15, -0.1) is 0 Å². The normalized spacial score (nSPS) is 18.9. The number of anilines is 1. The lowest BCUT2D eigenvalue weighted by atomic mass is 9.99. The molecule has 0 bridgehead atoms. The second kappa shape index (κ2) is 8.14. The van der Waals surface area contributed by atoms with E-state index in [0.29, 0.717) is 0 Å². The van der Waals surface area contributed by atoms with Gasteiger partial charge in [0.25, 0.3) is 0 Å². The third-order valence-corrected chi connectivity index (χ3v) is 4.11. The van der Waals surface area contributed by atoms with Gasteiger partial charge in [-0.05, 0) is 32.5 Å². The van der Waals surface area contributed by atoms with Crippen molar-refractivity contribution in [3.8, 4) is 0 Å². The molecule has 0 radical (unpaired) electrons. The molecule has 0 saturated carbocycles. The molecular weight excluding hydrogens is 266 g/mol. The number of rotatable bonds is 7. The van der Waals surface area contributed by atoms with Crippen LogP contribution in [0, 0.1) is 5.92 Å². The van der Waals surface area contributed by atoms with Crippen LogP contribution in [0.15, 0.2) is 12.4 Å². The van der Waals surface area contributed by atoms with Gasteiger partial charge in [0, 0.05) is 19.3 Å². The summed E-state index contributed by atoms with van der Waals surface area (Å²) in [6.07, 6.45) is 5.68. The standard InChI is InChI=1S/C15H27N5O/c1-3-19(4-2)8-9-20-12-14(11-17-20)18-15(21)13-6-5-7-16-10-13/h11-13,16H,3-10H2,1-2H3,(H,18,21). The molecular formula is C15H27N5O. The van der Waals surface area contributed by atoms with Crippen molar-refractivity contribution in [1.29, 1.82) is 0 Å². The minimum absolute atomic E-state index is 0.0813. The Hall–Kier alpha value is -1.40. The molecule has 1 aliphatic heterocycles. The zero-order valence-electron chi connectivity index (χ0n) is 13.1. The number of hydrogen-bond acceptors (Lipinski definition) is 4. The Kier molecular flexibility index (Phi) is 6.20. The monoisotopic (exact) mass is 293 g/mol. The fourth-order valence-electron chi connectivity index (χ4n) is 2.65. The first-order valence-electron chi connectivity index (χ1n) is 7.99. The number of carbonyl (C=O) groups is 1. The van der Waals surface area contributed by atoms with Gasteiger partial charge in [-0.3, -0.25) is 9.48 Å². The summed E-state index contributed by atoms with van der Waals surface area (Å²) in [7, 11) is 0. The number of likely N-dealkylation sites (N-methyl/N-ethyl adjacent to an activating group) is 1. The van der Waals surface area contributed by atoms with Crippen molar-refractivity contribution in [1.82, 2.24) is 20.0 Å². The van der Waals surface area contributed by atoms with E-state index < -0.39 is 0 Å². The van der Waals surface area contributed by atoms with Crippen LogP contribution in [0.3, 0.4) is 0 Å². The molecule has 2 heterocycles. The van der Waals surface area contributed by atoms with E-state index in [1.807, 2.05) is 10.9 Å². The van der Waals surface area contributed by atoms with Gasteiger partial charge >= 0.3 is 0 Å². The molecule has 1 atom stereocenters. The fourth-order valence-corrected chi connectivity index (χ4v) is 2.65. The molecule has 1 fully saturated rings. The van der Waals surface area contributed by atoms with Gasteiger partial charge in [-0.2, -0.15) is 5.10 Å². The van der Waals surface area contributed by atoms with E-state index >= 15 is 0 Å². The summed E-state index contributed by atoms with van der Waals surface area (Å²) in [4.78, 5) is 14.5. The van der Waals surface area contributed by atoms with Gasteiger partial charge < -0.3 is 15.5 Å². The topological polar surface area (TPSA) is 62.2 Å². The predicted molar refractivity (Wildman–Crippen MR) is 84.2 cm³/mol. The van der Waals surface area contributed by atoms with E-state index in [2.05, 4.69) is 34.5 Å². The van der Waals surface area contributed by atoms with E-state index in [0.717, 1.165) is 57.8 Å².